The SMILES string of the molecule is Cc1c(O)c(Cl)c(C(=O)c2ccc(O)c(O)c2)c(Cl)c1O.O=C(c1cc(O)c(O)c(Br)c1)c1cc(O)c(O)c(Br)c1.O=C(c1cc(O)c(O)c(Br)c1)c1cc(O)c(O)c(Br)c1Br.O=C(c1cc(O)c(O)cc1Br)c1cc(Br)c(O)c(O)c1Br.O=C(c1cc(O)c(O)cc1Br)c1cc(Br)c(O)c(O)c1O.O=C(c1ccc(O)c(O)c1)c1cc(Br)c(O)c(O)c1O. The van der Waals surface area contributed by atoms with Crippen LogP contribution in [0.1, 0.15) is 101 Å². The molecule has 0 aliphatic carbocycles. The second-order valence-electron chi connectivity index (χ2n) is 24.6. The van der Waals surface area contributed by atoms with E-state index >= 15 is 0 Å². The molecule has 32 nitrogen and oxygen atoms in total. The first kappa shape index (κ1) is 100. The zero-order chi connectivity index (χ0) is 93.6. The van der Waals surface area contributed by atoms with Gasteiger partial charge in [0, 0.05) is 69.1 Å². The maximum atomic E-state index is 12.5. The number of carbonyl (C=O) groups excluding carboxylic acids is 6. The van der Waals surface area contributed by atoms with Gasteiger partial charge in [0.25, 0.3) is 0 Å². The summed E-state index contributed by atoms with van der Waals surface area (Å²) >= 11 is 45.2. The molecule has 0 aliphatic rings. The van der Waals surface area contributed by atoms with Gasteiger partial charge in [0.1, 0.15) is 11.5 Å². The first-order chi connectivity index (χ1) is 57.6. The van der Waals surface area contributed by atoms with Gasteiger partial charge in [0.15, 0.2) is 161 Å². The number of benzene rings is 12. The Labute approximate surface area is 795 Å². The highest BCUT2D eigenvalue weighted by Crippen LogP contribution is 2.51. The van der Waals surface area contributed by atoms with Crippen molar-refractivity contribution in [3.8, 4) is 149 Å². The molecule has 0 saturated heterocycles. The predicted molar refractivity (Wildman–Crippen MR) is 481 cm³/mol. The summed E-state index contributed by atoms with van der Waals surface area (Å²) in [6, 6.07) is 23.2. The van der Waals surface area contributed by atoms with Crippen molar-refractivity contribution in [2.24, 2.45) is 0 Å². The third-order valence-electron chi connectivity index (χ3n) is 16.5. The van der Waals surface area contributed by atoms with E-state index in [1.807, 2.05) is 0 Å². The molecular weight excluding hydrogens is 2410 g/mol. The fraction of sp³-hybridized carbons (Fsp3) is 0.0127. The normalized spacial score (nSPS) is 10.6. The van der Waals surface area contributed by atoms with E-state index in [0.29, 0.717) is 0 Å². The van der Waals surface area contributed by atoms with E-state index in [2.05, 4.69) is 175 Å². The smallest absolute Gasteiger partial charge is 0.202 e. The maximum absolute atomic E-state index is 12.5. The van der Waals surface area contributed by atoms with Crippen molar-refractivity contribution in [1.82, 2.24) is 0 Å². The second kappa shape index (κ2) is 41.4. The molecule has 12 rings (SSSR count). The molecule has 648 valence electrons. The van der Waals surface area contributed by atoms with Crippen LogP contribution in [0.25, 0.3) is 0 Å². The minimum Gasteiger partial charge on any atom is -0.506 e. The Hall–Kier alpha value is -10.7. The third kappa shape index (κ3) is 22.1. The summed E-state index contributed by atoms with van der Waals surface area (Å²) in [5.41, 5.74) is -0.301. The Balaban J connectivity index is 0.000000204. The van der Waals surface area contributed by atoms with Crippen LogP contribution in [-0.2, 0) is 0 Å². The van der Waals surface area contributed by atoms with Gasteiger partial charge in [-0.1, -0.05) is 23.2 Å². The molecule has 0 aliphatic heterocycles. The topological polar surface area (TPSA) is 628 Å². The molecule has 45 heteroatoms. The van der Waals surface area contributed by atoms with E-state index in [-0.39, 0.29) is 160 Å². The quantitative estimate of drug-likeness (QED) is 0.0399. The van der Waals surface area contributed by atoms with Gasteiger partial charge in [-0.3, -0.25) is 28.8 Å². The van der Waals surface area contributed by atoms with Gasteiger partial charge in [-0.2, -0.15) is 0 Å². The molecule has 0 fully saturated rings. The van der Waals surface area contributed by atoms with E-state index in [1.54, 1.807) is 0 Å². The lowest BCUT2D eigenvalue weighted by Crippen LogP contribution is -2.04. The van der Waals surface area contributed by atoms with Crippen LogP contribution in [-0.4, -0.2) is 167 Å². The summed E-state index contributed by atoms with van der Waals surface area (Å²) in [5, 5.41) is 247. The van der Waals surface area contributed by atoms with Crippen LogP contribution in [0.5, 0.6) is 149 Å². The average Bonchev–Trinajstić information content (AvgIpc) is 0.774. The highest BCUT2D eigenvalue weighted by molar-refractivity contribution is 9.13. The Bertz CT molecular complexity index is 6140. The standard InChI is InChI=1S/C14H10Cl2O5.2C13H7Br3O5.C13H8Br2O6.C13H8Br2O5.C13H9BrO6/c1-5-12(19)10(15)9(11(16)13(5)20)14(21)6-2-3-7(17)8(18)4-6;14-6-3-9(18)8(17)2-4(6)11(19)5-1-7(15)12(20)13(21)10(5)16;14-6-1-4(2-7(17)12(6)20)11(19)5-3-8(18)13(21)10(16)9(5)15;14-6-3-9(17)8(16)2-4(6)10(18)5-1-7(15)12(20)13(21)11(5)19;14-7-1-5(3-9(16)12(7)19)11(18)6-2-8(15)13(20)10(17)4-6;14-7-4-6(11(18)13(20)12(7)19)10(17)5-1-2-8(15)9(16)3-5/h2-4,17-20H,1H3;2*1-3,17-18,20-21H;1-3,16-17,19-21H;1-4,16-17,19-20H;1-4,15-16,18-20H. The van der Waals surface area contributed by atoms with Gasteiger partial charge < -0.3 is 133 Å². The molecule has 12 aromatic carbocycles. The molecule has 0 radical (unpaired) electrons. The predicted octanol–water partition coefficient (Wildman–Crippen LogP) is 19.9. The fourth-order valence-electron chi connectivity index (χ4n) is 9.93. The minimum atomic E-state index is -0.841. The number of phenolic OH excluding ortho intramolecular Hbond substituents is 26. The fourth-order valence-corrected chi connectivity index (χ4v) is 15.6. The molecule has 0 atom stereocenters. The molecule has 0 unspecified atom stereocenters. The van der Waals surface area contributed by atoms with Crippen LogP contribution >= 0.6 is 198 Å². The number of rotatable bonds is 12. The summed E-state index contributed by atoms with van der Waals surface area (Å²) in [7, 11) is 0. The number of hydrogen-bond donors (Lipinski definition) is 26. The molecule has 26 N–H and O–H groups in total. The molecule has 0 bridgehead atoms. The number of phenols is 26. The van der Waals surface area contributed by atoms with Crippen molar-refractivity contribution in [2.75, 3.05) is 0 Å². The summed E-state index contributed by atoms with van der Waals surface area (Å²) < 4.78 is 1.55. The number of ketones is 6. The third-order valence-corrected chi connectivity index (χ3v) is 25.1. The molecule has 0 saturated carbocycles. The zero-order valence-corrected chi connectivity index (χ0v) is 79.5. The lowest BCUT2D eigenvalue weighted by atomic mass is 10.00. The number of hydrogen-bond acceptors (Lipinski definition) is 32. The van der Waals surface area contributed by atoms with E-state index in [9.17, 15) is 162 Å². The Morgan fingerprint density at radius 3 is 0.847 bits per heavy atom. The number of halogens is 13. The van der Waals surface area contributed by atoms with Crippen molar-refractivity contribution in [2.45, 2.75) is 6.92 Å². The molecule has 124 heavy (non-hydrogen) atoms. The van der Waals surface area contributed by atoms with Crippen LogP contribution in [0.15, 0.2) is 171 Å². The van der Waals surface area contributed by atoms with E-state index < -0.39 is 155 Å². The molecule has 0 aromatic heterocycles. The maximum Gasteiger partial charge on any atom is 0.202 e. The molecule has 12 aromatic rings. The minimum absolute atomic E-state index is 0.00686. The zero-order valence-electron chi connectivity index (χ0n) is 60.5. The summed E-state index contributed by atoms with van der Waals surface area (Å²) in [6.45, 7) is 1.39. The van der Waals surface area contributed by atoms with Crippen LogP contribution in [0.3, 0.4) is 0 Å². The van der Waals surface area contributed by atoms with Gasteiger partial charge >= 0.3 is 0 Å². The van der Waals surface area contributed by atoms with Crippen LogP contribution in [0.4, 0.5) is 0 Å². The van der Waals surface area contributed by atoms with Gasteiger partial charge in [-0.15, -0.1) is 0 Å². The highest BCUT2D eigenvalue weighted by atomic mass is 79.9. The van der Waals surface area contributed by atoms with E-state index in [1.165, 1.54) is 49.4 Å². The van der Waals surface area contributed by atoms with Gasteiger partial charge in [0.2, 0.25) is 11.5 Å². The number of aromatic hydroxyl groups is 26. The lowest BCUT2D eigenvalue weighted by molar-refractivity contribution is 0.102. The van der Waals surface area contributed by atoms with Crippen LogP contribution in [0.2, 0.25) is 10.0 Å². The summed E-state index contributed by atoms with van der Waals surface area (Å²) in [4.78, 5) is 74.1. The summed E-state index contributed by atoms with van der Waals surface area (Å²) in [6.07, 6.45) is 0. The monoisotopic (exact) mass is 2450 g/mol. The van der Waals surface area contributed by atoms with Crippen molar-refractivity contribution in [1.29, 1.82) is 0 Å². The first-order valence-electron chi connectivity index (χ1n) is 32.6. The highest BCUT2D eigenvalue weighted by Gasteiger charge is 2.30. The Morgan fingerprint density at radius 2 is 0.476 bits per heavy atom. The summed E-state index contributed by atoms with van der Waals surface area (Å²) in [5.74, 6) is -16.7. The van der Waals surface area contributed by atoms with Crippen molar-refractivity contribution >= 4 is 233 Å². The molecule has 0 spiro atoms. The Kier molecular flexibility index (Phi) is 33.5. The average molecular weight is 2460 g/mol. The van der Waals surface area contributed by atoms with Crippen LogP contribution in [0, 0.1) is 6.92 Å². The van der Waals surface area contributed by atoms with Crippen molar-refractivity contribution in [3.63, 3.8) is 0 Å². The lowest BCUT2D eigenvalue weighted by Gasteiger charge is -2.12. The van der Waals surface area contributed by atoms with Crippen LogP contribution < -0.4 is 0 Å². The molecule has 0 amide bonds. The van der Waals surface area contributed by atoms with Crippen molar-refractivity contribution < 1.29 is 162 Å². The van der Waals surface area contributed by atoms with Gasteiger partial charge in [0.05, 0.1) is 62.5 Å². The van der Waals surface area contributed by atoms with Gasteiger partial charge in [-0.25, -0.2) is 0 Å². The van der Waals surface area contributed by atoms with E-state index in [4.69, 9.17) is 23.2 Å². The largest absolute Gasteiger partial charge is 0.506 e. The number of carbonyl (C=O) groups is 6. The Morgan fingerprint density at radius 1 is 0.202 bits per heavy atom. The molecular formula is C79H49Br11Cl2O32. The second-order valence-corrected chi connectivity index (χ2v) is 34.5. The van der Waals surface area contributed by atoms with E-state index in [0.717, 1.165) is 78.9 Å². The first-order valence-corrected chi connectivity index (χ1v) is 42.0. The van der Waals surface area contributed by atoms with Crippen molar-refractivity contribution in [3.05, 3.63) is 253 Å². The van der Waals surface area contributed by atoms with Gasteiger partial charge in [-0.05, 0) is 303 Å². The molecule has 0 heterocycles.